The Morgan fingerprint density at radius 1 is 1.33 bits per heavy atom. The Labute approximate surface area is 73.2 Å². The summed E-state index contributed by atoms with van der Waals surface area (Å²) in [4.78, 5) is 0. The third-order valence-corrected chi connectivity index (χ3v) is 1.91. The van der Waals surface area contributed by atoms with Crippen LogP contribution in [-0.4, -0.2) is 18.7 Å². The van der Waals surface area contributed by atoms with Crippen LogP contribution in [0.2, 0.25) is 0 Å². The van der Waals surface area contributed by atoms with Gasteiger partial charge in [0, 0.05) is 6.42 Å². The fourth-order valence-corrected chi connectivity index (χ4v) is 1.17. The highest BCUT2D eigenvalue weighted by Gasteiger charge is 2.05. The van der Waals surface area contributed by atoms with Crippen molar-refractivity contribution < 1.29 is 10.4 Å². The Hall–Kier alpha value is -0.860. The predicted octanol–water partition coefficient (Wildman–Crippen LogP) is 0.303. The van der Waals surface area contributed by atoms with Crippen molar-refractivity contribution in [2.75, 3.05) is 13.6 Å². The van der Waals surface area contributed by atoms with Gasteiger partial charge in [0.25, 0.3) is 0 Å². The molecule has 2 nitrogen and oxygen atoms in total. The van der Waals surface area contributed by atoms with E-state index in [-0.39, 0.29) is 6.10 Å². The van der Waals surface area contributed by atoms with E-state index in [1.54, 1.807) is 0 Å². The second-order valence-corrected chi connectivity index (χ2v) is 2.91. The Morgan fingerprint density at radius 2 is 2.00 bits per heavy atom. The first-order valence-electron chi connectivity index (χ1n) is 4.35. The fraction of sp³-hybridized carbons (Fsp3) is 0.400. The fourth-order valence-electron chi connectivity index (χ4n) is 1.17. The minimum Gasteiger partial charge on any atom is -0.388 e. The van der Waals surface area contributed by atoms with Crippen LogP contribution >= 0.6 is 0 Å². The van der Waals surface area contributed by atoms with Gasteiger partial charge in [0.15, 0.2) is 0 Å². The maximum atomic E-state index is 9.63. The van der Waals surface area contributed by atoms with E-state index in [9.17, 15) is 5.11 Å². The molecule has 0 heterocycles. The van der Waals surface area contributed by atoms with Crippen molar-refractivity contribution in [2.24, 2.45) is 0 Å². The van der Waals surface area contributed by atoms with Crippen molar-refractivity contribution >= 4 is 0 Å². The molecule has 0 amide bonds. The quantitative estimate of drug-likeness (QED) is 0.663. The molecule has 1 atom stereocenters. The smallest absolute Gasteiger partial charge is 0.0843 e. The summed E-state index contributed by atoms with van der Waals surface area (Å²) in [6.07, 6.45) is 0.517. The van der Waals surface area contributed by atoms with Crippen molar-refractivity contribution in [3.05, 3.63) is 35.9 Å². The number of quaternary nitrogens is 1. The van der Waals surface area contributed by atoms with E-state index in [4.69, 9.17) is 0 Å². The van der Waals surface area contributed by atoms with E-state index in [1.807, 2.05) is 37.4 Å². The lowest BCUT2D eigenvalue weighted by Crippen LogP contribution is -2.79. The summed E-state index contributed by atoms with van der Waals surface area (Å²) in [6, 6.07) is 9.78. The van der Waals surface area contributed by atoms with Crippen LogP contribution in [0.4, 0.5) is 0 Å². The first-order valence-corrected chi connectivity index (χ1v) is 4.35. The first kappa shape index (κ1) is 9.23. The molecule has 12 heavy (non-hydrogen) atoms. The van der Waals surface area contributed by atoms with Crippen molar-refractivity contribution in [1.29, 1.82) is 0 Å². The molecule has 1 aromatic carbocycles. The monoisotopic (exact) mass is 166 g/mol. The highest BCUT2D eigenvalue weighted by Crippen LogP contribution is 2.13. The molecule has 0 unspecified atom stereocenters. The normalized spacial score (nSPS) is 12.8. The molecule has 0 saturated heterocycles. The van der Waals surface area contributed by atoms with Gasteiger partial charge in [0.05, 0.1) is 19.7 Å². The van der Waals surface area contributed by atoms with E-state index in [1.165, 1.54) is 0 Å². The van der Waals surface area contributed by atoms with E-state index >= 15 is 0 Å². The molecule has 0 aliphatic carbocycles. The van der Waals surface area contributed by atoms with Gasteiger partial charge in [-0.05, 0) is 5.56 Å². The second-order valence-electron chi connectivity index (χ2n) is 2.91. The highest BCUT2D eigenvalue weighted by molar-refractivity contribution is 5.16. The number of aliphatic hydroxyl groups is 1. The van der Waals surface area contributed by atoms with E-state index in [0.717, 1.165) is 18.5 Å². The minimum absolute atomic E-state index is 0.303. The number of hydrogen-bond donors (Lipinski definition) is 2. The summed E-state index contributed by atoms with van der Waals surface area (Å²) in [5.41, 5.74) is 1.01. The summed E-state index contributed by atoms with van der Waals surface area (Å²) in [7, 11) is 2.01. The topological polar surface area (TPSA) is 36.8 Å². The summed E-state index contributed by atoms with van der Waals surface area (Å²) in [5.74, 6) is 0. The van der Waals surface area contributed by atoms with Gasteiger partial charge >= 0.3 is 0 Å². The van der Waals surface area contributed by atoms with Gasteiger partial charge in [0.1, 0.15) is 0 Å². The lowest BCUT2D eigenvalue weighted by Gasteiger charge is -2.08. The van der Waals surface area contributed by atoms with E-state index in [2.05, 4.69) is 5.32 Å². The molecular weight excluding hydrogens is 150 g/mol. The van der Waals surface area contributed by atoms with Crippen molar-refractivity contribution in [3.63, 3.8) is 0 Å². The first-order chi connectivity index (χ1) is 5.84. The molecule has 2 heteroatoms. The van der Waals surface area contributed by atoms with Crippen molar-refractivity contribution in [1.82, 2.24) is 0 Å². The molecule has 66 valence electrons. The zero-order valence-electron chi connectivity index (χ0n) is 7.40. The van der Waals surface area contributed by atoms with Crippen LogP contribution in [0.3, 0.4) is 0 Å². The number of hydrogen-bond acceptors (Lipinski definition) is 1. The Bertz CT molecular complexity index is 210. The number of aliphatic hydroxyl groups excluding tert-OH is 1. The molecule has 0 aliphatic heterocycles. The van der Waals surface area contributed by atoms with Crippen LogP contribution in [0.15, 0.2) is 30.3 Å². The summed E-state index contributed by atoms with van der Waals surface area (Å²) in [5, 5.41) is 11.7. The summed E-state index contributed by atoms with van der Waals surface area (Å²) < 4.78 is 0. The Morgan fingerprint density at radius 3 is 2.58 bits per heavy atom. The highest BCUT2D eigenvalue weighted by atomic mass is 16.3. The van der Waals surface area contributed by atoms with Gasteiger partial charge in [-0.3, -0.25) is 0 Å². The molecular formula is C10H16NO+. The molecule has 0 radical (unpaired) electrons. The zero-order chi connectivity index (χ0) is 8.81. The van der Waals surface area contributed by atoms with Gasteiger partial charge in [-0.25, -0.2) is 0 Å². The largest absolute Gasteiger partial charge is 0.388 e. The molecule has 3 N–H and O–H groups in total. The zero-order valence-corrected chi connectivity index (χ0v) is 7.40. The van der Waals surface area contributed by atoms with E-state index < -0.39 is 0 Å². The minimum atomic E-state index is -0.303. The second kappa shape index (κ2) is 4.91. The average Bonchev–Trinajstić information content (AvgIpc) is 2.15. The van der Waals surface area contributed by atoms with Crippen molar-refractivity contribution in [2.45, 2.75) is 12.5 Å². The lowest BCUT2D eigenvalue weighted by atomic mass is 10.1. The van der Waals surface area contributed by atoms with Crippen LogP contribution < -0.4 is 5.32 Å². The third kappa shape index (κ3) is 2.64. The van der Waals surface area contributed by atoms with Gasteiger partial charge in [-0.15, -0.1) is 0 Å². The lowest BCUT2D eigenvalue weighted by molar-refractivity contribution is -0.628. The summed E-state index contributed by atoms with van der Waals surface area (Å²) in [6.45, 7) is 0.968. The van der Waals surface area contributed by atoms with E-state index in [0.29, 0.717) is 0 Å². The number of nitrogens with two attached hydrogens (primary N) is 1. The number of benzene rings is 1. The standard InChI is InChI=1S/C10H15NO/c1-11-8-7-10(12)9-5-3-2-4-6-9/h2-6,10-12H,7-8H2,1H3/p+1/t10-/m0/s1. The van der Waals surface area contributed by atoms with Crippen molar-refractivity contribution in [3.8, 4) is 0 Å². The third-order valence-electron chi connectivity index (χ3n) is 1.91. The molecule has 0 aromatic heterocycles. The van der Waals surface area contributed by atoms with Gasteiger partial charge in [-0.2, -0.15) is 0 Å². The predicted molar refractivity (Wildman–Crippen MR) is 48.7 cm³/mol. The molecule has 0 aliphatic rings. The molecule has 1 aromatic rings. The maximum absolute atomic E-state index is 9.63. The van der Waals surface area contributed by atoms with Gasteiger partial charge in [0.2, 0.25) is 0 Å². The molecule has 1 rings (SSSR count). The Balaban J connectivity index is 2.48. The SMILES string of the molecule is C[NH2+]CC[C@H](O)c1ccccc1. The average molecular weight is 166 g/mol. The van der Waals surface area contributed by atoms with Crippen LogP contribution in [0, 0.1) is 0 Å². The van der Waals surface area contributed by atoms with Gasteiger partial charge in [-0.1, -0.05) is 30.3 Å². The van der Waals surface area contributed by atoms with Crippen LogP contribution in [0.1, 0.15) is 18.1 Å². The molecule has 0 bridgehead atoms. The van der Waals surface area contributed by atoms with Crippen LogP contribution in [0.5, 0.6) is 0 Å². The summed E-state index contributed by atoms with van der Waals surface area (Å²) >= 11 is 0. The van der Waals surface area contributed by atoms with Crippen LogP contribution in [-0.2, 0) is 0 Å². The molecule has 0 fully saturated rings. The Kier molecular flexibility index (Phi) is 3.77. The molecule has 0 spiro atoms. The maximum Gasteiger partial charge on any atom is 0.0843 e. The van der Waals surface area contributed by atoms with Gasteiger partial charge < -0.3 is 10.4 Å². The number of rotatable bonds is 4. The molecule has 0 saturated carbocycles. The van der Waals surface area contributed by atoms with Crippen LogP contribution in [0.25, 0.3) is 0 Å².